The van der Waals surface area contributed by atoms with E-state index in [9.17, 15) is 14.4 Å². The van der Waals surface area contributed by atoms with Gasteiger partial charge in [-0.1, -0.05) is 26.0 Å². The van der Waals surface area contributed by atoms with Crippen molar-refractivity contribution in [1.82, 2.24) is 10.2 Å². The Morgan fingerprint density at radius 2 is 1.95 bits per heavy atom. The molecule has 1 aromatic heterocycles. The summed E-state index contributed by atoms with van der Waals surface area (Å²) in [5, 5.41) is 2.85. The first-order chi connectivity index (χ1) is 18.1. The monoisotopic (exact) mass is 522 g/mol. The van der Waals surface area contributed by atoms with Gasteiger partial charge in [0.15, 0.2) is 11.5 Å². The van der Waals surface area contributed by atoms with Gasteiger partial charge in [-0.25, -0.2) is 0 Å². The Morgan fingerprint density at radius 1 is 1.16 bits per heavy atom. The first-order valence-corrected chi connectivity index (χ1v) is 12.9. The molecule has 3 heterocycles. The topological polar surface area (TPSA) is 107 Å². The molecule has 5 rings (SSSR count). The third-order valence-electron chi connectivity index (χ3n) is 7.66. The smallest absolute Gasteiger partial charge is 0.317 e. The maximum absolute atomic E-state index is 13.9. The van der Waals surface area contributed by atoms with Gasteiger partial charge in [0.25, 0.3) is 0 Å². The van der Waals surface area contributed by atoms with E-state index in [1.807, 2.05) is 43.3 Å². The summed E-state index contributed by atoms with van der Waals surface area (Å²) in [7, 11) is 1.38. The summed E-state index contributed by atoms with van der Waals surface area (Å²) >= 11 is 0. The zero-order valence-corrected chi connectivity index (χ0v) is 22.3. The van der Waals surface area contributed by atoms with Gasteiger partial charge in [0.2, 0.25) is 18.6 Å². The number of allylic oxidation sites excluding steroid dienone is 1. The molecule has 2 amide bonds. The quantitative estimate of drug-likeness (QED) is 0.542. The maximum atomic E-state index is 13.9. The number of nitrogens with zero attached hydrogens (tertiary/aromatic N) is 1. The number of nitrogens with one attached hydrogen (secondary N) is 1. The van der Waals surface area contributed by atoms with Crippen molar-refractivity contribution >= 4 is 17.8 Å². The van der Waals surface area contributed by atoms with E-state index in [1.54, 1.807) is 4.90 Å². The maximum Gasteiger partial charge on any atom is 0.317 e. The standard InChI is InChI=1S/C29H34N2O7/c1-18-5-7-21(38-18)14-30-25(32)12-20-13-29(27(34)35-4)16-28(2,3)10-9-24(29)31(26(20)33)15-19-6-8-22-23(11-19)37-17-36-22/h5-9,11,20H,10,12-17H2,1-4H3,(H,30,32)/t20-,29-/m1/s1. The molecule has 38 heavy (non-hydrogen) atoms. The molecule has 1 N–H and O–H groups in total. The fraction of sp³-hybridized carbons (Fsp3) is 0.483. The lowest BCUT2D eigenvalue weighted by Gasteiger charge is -2.51. The van der Waals surface area contributed by atoms with Gasteiger partial charge in [-0.15, -0.1) is 0 Å². The number of carbonyl (C=O) groups excluding carboxylic acids is 3. The number of piperidine rings is 1. The number of furan rings is 1. The number of ether oxygens (including phenoxy) is 3. The number of aryl methyl sites for hydroxylation is 1. The highest BCUT2D eigenvalue weighted by atomic mass is 16.7. The summed E-state index contributed by atoms with van der Waals surface area (Å²) in [6, 6.07) is 9.19. The summed E-state index contributed by atoms with van der Waals surface area (Å²) in [6.07, 6.45) is 3.43. The second-order valence-electron chi connectivity index (χ2n) is 11.2. The summed E-state index contributed by atoms with van der Waals surface area (Å²) in [6.45, 7) is 6.68. The minimum atomic E-state index is -1.02. The number of benzene rings is 1. The van der Waals surface area contributed by atoms with Gasteiger partial charge in [-0.05, 0) is 61.4 Å². The van der Waals surface area contributed by atoms with E-state index in [1.165, 1.54) is 7.11 Å². The van der Waals surface area contributed by atoms with Gasteiger partial charge < -0.3 is 28.8 Å². The predicted molar refractivity (Wildman–Crippen MR) is 137 cm³/mol. The van der Waals surface area contributed by atoms with Crippen LogP contribution in [0.2, 0.25) is 0 Å². The molecule has 0 unspecified atom stereocenters. The molecule has 2 aromatic rings. The first-order valence-electron chi connectivity index (χ1n) is 12.9. The number of esters is 1. The van der Waals surface area contributed by atoms with Crippen LogP contribution in [-0.4, -0.2) is 36.6 Å². The molecule has 0 spiro atoms. The highest BCUT2D eigenvalue weighted by molar-refractivity contribution is 5.92. The molecule has 202 valence electrons. The van der Waals surface area contributed by atoms with Crippen LogP contribution >= 0.6 is 0 Å². The average molecular weight is 523 g/mol. The van der Waals surface area contributed by atoms with Crippen LogP contribution in [0.4, 0.5) is 0 Å². The summed E-state index contributed by atoms with van der Waals surface area (Å²) in [5.41, 5.74) is 0.301. The minimum absolute atomic E-state index is 0.0391. The van der Waals surface area contributed by atoms with Crippen molar-refractivity contribution in [3.05, 3.63) is 59.2 Å². The number of hydrogen-bond donors (Lipinski definition) is 1. The van der Waals surface area contributed by atoms with E-state index in [4.69, 9.17) is 18.6 Å². The molecule has 9 nitrogen and oxygen atoms in total. The van der Waals surface area contributed by atoms with Crippen molar-refractivity contribution in [2.75, 3.05) is 13.9 Å². The van der Waals surface area contributed by atoms with Crippen molar-refractivity contribution in [3.8, 4) is 11.5 Å². The lowest BCUT2D eigenvalue weighted by Crippen LogP contribution is -2.55. The van der Waals surface area contributed by atoms with Gasteiger partial charge in [0, 0.05) is 18.0 Å². The SMILES string of the molecule is COC(=O)[C@@]12C[C@@H](CC(=O)NCc3ccc(C)o3)C(=O)N(Cc3ccc4c(c3)OCO4)C1=CCC(C)(C)C2. The van der Waals surface area contributed by atoms with Crippen LogP contribution in [0.25, 0.3) is 0 Å². The molecule has 1 aliphatic carbocycles. The third kappa shape index (κ3) is 4.89. The molecule has 2 atom stereocenters. The molecular formula is C29H34N2O7. The molecule has 9 heteroatoms. The molecule has 1 saturated heterocycles. The lowest BCUT2D eigenvalue weighted by molar-refractivity contribution is -0.162. The zero-order valence-electron chi connectivity index (χ0n) is 22.3. The van der Waals surface area contributed by atoms with Crippen molar-refractivity contribution in [2.45, 2.75) is 59.5 Å². The second kappa shape index (κ2) is 9.85. The van der Waals surface area contributed by atoms with Crippen LogP contribution in [0.1, 0.15) is 56.6 Å². The first kappa shape index (κ1) is 25.9. The zero-order chi connectivity index (χ0) is 27.1. The molecule has 3 aliphatic rings. The molecule has 1 aromatic carbocycles. The van der Waals surface area contributed by atoms with E-state index in [2.05, 4.69) is 19.2 Å². The fourth-order valence-electron chi connectivity index (χ4n) is 6.00. The van der Waals surface area contributed by atoms with Crippen LogP contribution in [-0.2, 0) is 32.2 Å². The van der Waals surface area contributed by atoms with Crippen molar-refractivity contribution < 1.29 is 33.0 Å². The van der Waals surface area contributed by atoms with Gasteiger partial charge in [0.1, 0.15) is 16.9 Å². The van der Waals surface area contributed by atoms with Crippen molar-refractivity contribution in [2.24, 2.45) is 16.7 Å². The Labute approximate surface area is 222 Å². The lowest BCUT2D eigenvalue weighted by atomic mass is 9.59. The Hall–Kier alpha value is -3.75. The van der Waals surface area contributed by atoms with Gasteiger partial charge in [-0.3, -0.25) is 14.4 Å². The number of hydrogen-bond acceptors (Lipinski definition) is 7. The predicted octanol–water partition coefficient (Wildman–Crippen LogP) is 4.24. The number of likely N-dealkylation sites (tertiary alicyclic amines) is 1. The molecule has 2 aliphatic heterocycles. The molecule has 0 bridgehead atoms. The molecule has 1 fully saturated rings. The van der Waals surface area contributed by atoms with E-state index >= 15 is 0 Å². The third-order valence-corrected chi connectivity index (χ3v) is 7.66. The average Bonchev–Trinajstić information content (AvgIpc) is 3.52. The largest absolute Gasteiger partial charge is 0.468 e. The highest BCUT2D eigenvalue weighted by Crippen LogP contribution is 2.55. The van der Waals surface area contributed by atoms with Crippen LogP contribution in [0, 0.1) is 23.7 Å². The number of rotatable bonds is 7. The Bertz CT molecular complexity index is 1290. The summed E-state index contributed by atoms with van der Waals surface area (Å²) in [5.74, 6) is 1.15. The number of amides is 2. The van der Waals surface area contributed by atoms with E-state index in [0.29, 0.717) is 29.4 Å². The minimum Gasteiger partial charge on any atom is -0.468 e. The number of fused-ring (bicyclic) bond motifs is 2. The highest BCUT2D eigenvalue weighted by Gasteiger charge is 2.57. The van der Waals surface area contributed by atoms with Crippen molar-refractivity contribution in [3.63, 3.8) is 0 Å². The van der Waals surface area contributed by atoms with Gasteiger partial charge >= 0.3 is 5.97 Å². The Balaban J connectivity index is 1.45. The van der Waals surface area contributed by atoms with Crippen LogP contribution in [0.5, 0.6) is 11.5 Å². The second-order valence-corrected chi connectivity index (χ2v) is 11.2. The molecule has 0 saturated carbocycles. The Morgan fingerprint density at radius 3 is 2.68 bits per heavy atom. The van der Waals surface area contributed by atoms with Crippen LogP contribution < -0.4 is 14.8 Å². The normalized spacial score (nSPS) is 23.5. The van der Waals surface area contributed by atoms with E-state index in [0.717, 1.165) is 17.7 Å². The fourth-order valence-corrected chi connectivity index (χ4v) is 6.00. The van der Waals surface area contributed by atoms with Crippen LogP contribution in [0.15, 0.2) is 46.5 Å². The number of carbonyl (C=O) groups is 3. The number of methoxy groups -OCH3 is 1. The van der Waals surface area contributed by atoms with E-state index < -0.39 is 11.3 Å². The van der Waals surface area contributed by atoms with Crippen molar-refractivity contribution in [1.29, 1.82) is 0 Å². The Kier molecular flexibility index (Phi) is 6.71. The summed E-state index contributed by atoms with van der Waals surface area (Å²) in [4.78, 5) is 42.0. The van der Waals surface area contributed by atoms with Gasteiger partial charge in [-0.2, -0.15) is 0 Å². The van der Waals surface area contributed by atoms with Gasteiger partial charge in [0.05, 0.1) is 20.2 Å². The molecular weight excluding hydrogens is 488 g/mol. The van der Waals surface area contributed by atoms with Crippen LogP contribution in [0.3, 0.4) is 0 Å². The molecule has 0 radical (unpaired) electrons. The van der Waals surface area contributed by atoms with E-state index in [-0.39, 0.29) is 55.9 Å². The summed E-state index contributed by atoms with van der Waals surface area (Å²) < 4.78 is 21.8.